The highest BCUT2D eigenvalue weighted by molar-refractivity contribution is 5.84. The van der Waals surface area contributed by atoms with Crippen LogP contribution in [0.15, 0.2) is 66.7 Å². The van der Waals surface area contributed by atoms with E-state index in [1.165, 1.54) is 4.68 Å². The van der Waals surface area contributed by atoms with Crippen LogP contribution in [0.1, 0.15) is 34.7 Å². The number of carbonyl (C=O) groups is 1. The maximum atomic E-state index is 13.4. The largest absolute Gasteiger partial charge is 0.272 e. The lowest BCUT2D eigenvalue weighted by Gasteiger charge is -2.27. The second-order valence-corrected chi connectivity index (χ2v) is 7.03. The lowest BCUT2D eigenvalue weighted by molar-refractivity contribution is 0.0617. The van der Waals surface area contributed by atoms with E-state index in [0.717, 1.165) is 22.6 Å². The van der Waals surface area contributed by atoms with Crippen LogP contribution in [0, 0.1) is 19.8 Å². The summed E-state index contributed by atoms with van der Waals surface area (Å²) in [5.41, 5.74) is 3.66. The fourth-order valence-corrected chi connectivity index (χ4v) is 3.83. The van der Waals surface area contributed by atoms with Gasteiger partial charge in [0.05, 0.1) is 29.4 Å². The first-order chi connectivity index (χ1) is 13.1. The summed E-state index contributed by atoms with van der Waals surface area (Å²) in [7, 11) is 0. The van der Waals surface area contributed by atoms with Crippen LogP contribution in [0.25, 0.3) is 0 Å². The van der Waals surface area contributed by atoms with Crippen molar-refractivity contribution in [1.82, 2.24) is 9.78 Å². The summed E-state index contributed by atoms with van der Waals surface area (Å²) in [6, 6.07) is 21.7. The molecule has 1 aliphatic rings. The molecule has 5 nitrogen and oxygen atoms in total. The number of nitrogens with zero attached hydrogens (tertiary/aromatic N) is 3. The van der Waals surface area contributed by atoms with Crippen molar-refractivity contribution in [2.24, 2.45) is 5.92 Å². The highest BCUT2D eigenvalue weighted by atomic mass is 16.7. The Hall–Kier alpha value is -2.92. The summed E-state index contributed by atoms with van der Waals surface area (Å²) < 4.78 is 1.52. The number of hydrogen-bond donors (Lipinski definition) is 0. The van der Waals surface area contributed by atoms with E-state index in [1.807, 2.05) is 92.6 Å². The van der Waals surface area contributed by atoms with Gasteiger partial charge in [0.25, 0.3) is 5.91 Å². The first kappa shape index (κ1) is 17.5. The van der Waals surface area contributed by atoms with Crippen LogP contribution in [0.2, 0.25) is 0 Å². The molecule has 0 aliphatic carbocycles. The molecule has 0 bridgehead atoms. The van der Waals surface area contributed by atoms with E-state index in [4.69, 9.17) is 4.84 Å². The average Bonchev–Trinajstić information content (AvgIpc) is 3.21. The third kappa shape index (κ3) is 3.15. The van der Waals surface area contributed by atoms with Gasteiger partial charge in [0.15, 0.2) is 0 Å². The Morgan fingerprint density at radius 3 is 2.22 bits per heavy atom. The summed E-state index contributed by atoms with van der Waals surface area (Å²) in [5, 5.41) is 6.28. The molecule has 1 fully saturated rings. The molecule has 27 heavy (non-hydrogen) atoms. The Bertz CT molecular complexity index is 937. The Morgan fingerprint density at radius 2 is 1.63 bits per heavy atom. The molecule has 1 aromatic heterocycles. The van der Waals surface area contributed by atoms with Crippen LogP contribution >= 0.6 is 0 Å². The van der Waals surface area contributed by atoms with Crippen LogP contribution in [0.5, 0.6) is 0 Å². The number of rotatable bonds is 3. The molecule has 5 heteroatoms. The SMILES string of the molecule is Cc1cc(C)n(C(=O)[C@H]2[C@H](C)ON(c3ccccc3)[C@@H]2c2ccccc2)n1. The quantitative estimate of drug-likeness (QED) is 0.696. The van der Waals surface area contributed by atoms with E-state index < -0.39 is 0 Å². The number of benzene rings is 2. The molecule has 3 aromatic rings. The molecule has 4 rings (SSSR count). The average molecular weight is 361 g/mol. The molecule has 0 spiro atoms. The van der Waals surface area contributed by atoms with Gasteiger partial charge < -0.3 is 0 Å². The summed E-state index contributed by atoms with van der Waals surface area (Å²) in [5.74, 6) is -0.411. The Morgan fingerprint density at radius 1 is 1.00 bits per heavy atom. The lowest BCUT2D eigenvalue weighted by atomic mass is 9.89. The zero-order valence-corrected chi connectivity index (χ0v) is 15.7. The number of hydrogen-bond acceptors (Lipinski definition) is 4. The maximum absolute atomic E-state index is 13.4. The second-order valence-electron chi connectivity index (χ2n) is 7.03. The first-order valence-electron chi connectivity index (χ1n) is 9.20. The van der Waals surface area contributed by atoms with Crippen LogP contribution < -0.4 is 5.06 Å². The number of aromatic nitrogens is 2. The van der Waals surface area contributed by atoms with Crippen molar-refractivity contribution < 1.29 is 9.63 Å². The monoisotopic (exact) mass is 361 g/mol. The van der Waals surface area contributed by atoms with Crippen molar-refractivity contribution in [2.75, 3.05) is 5.06 Å². The van der Waals surface area contributed by atoms with Gasteiger partial charge >= 0.3 is 0 Å². The summed E-state index contributed by atoms with van der Waals surface area (Å²) in [4.78, 5) is 19.6. The van der Waals surface area contributed by atoms with E-state index in [9.17, 15) is 4.79 Å². The van der Waals surface area contributed by atoms with Crippen molar-refractivity contribution in [3.05, 3.63) is 83.7 Å². The van der Waals surface area contributed by atoms with Gasteiger partial charge in [0.1, 0.15) is 0 Å². The van der Waals surface area contributed by atoms with Crippen molar-refractivity contribution in [2.45, 2.75) is 32.9 Å². The first-order valence-corrected chi connectivity index (χ1v) is 9.20. The molecule has 0 amide bonds. The molecule has 0 unspecified atom stereocenters. The van der Waals surface area contributed by atoms with Gasteiger partial charge in [-0.05, 0) is 44.5 Å². The standard InChI is InChI=1S/C22H23N3O2/c1-15-14-16(2)24(23-15)22(26)20-17(3)27-25(19-12-8-5-9-13-19)21(20)18-10-6-4-7-11-18/h4-14,17,20-21H,1-3H3/t17-,20-,21+/m0/s1. The second kappa shape index (κ2) is 7.00. The van der Waals surface area contributed by atoms with Crippen LogP contribution in [-0.2, 0) is 4.84 Å². The molecule has 2 heterocycles. The predicted molar refractivity (Wildman–Crippen MR) is 104 cm³/mol. The van der Waals surface area contributed by atoms with Gasteiger partial charge in [-0.2, -0.15) is 5.10 Å². The molecule has 3 atom stereocenters. The molecule has 0 radical (unpaired) electrons. The van der Waals surface area contributed by atoms with Crippen molar-refractivity contribution >= 4 is 11.6 Å². The number of hydroxylamine groups is 1. The maximum Gasteiger partial charge on any atom is 0.255 e. The topological polar surface area (TPSA) is 47.4 Å². The predicted octanol–water partition coefficient (Wildman–Crippen LogP) is 4.34. The Labute approximate surface area is 159 Å². The van der Waals surface area contributed by atoms with Gasteiger partial charge in [-0.1, -0.05) is 48.5 Å². The minimum Gasteiger partial charge on any atom is -0.272 e. The smallest absolute Gasteiger partial charge is 0.255 e. The van der Waals surface area contributed by atoms with Crippen LogP contribution in [-0.4, -0.2) is 21.8 Å². The number of carbonyl (C=O) groups excluding carboxylic acids is 1. The molecular formula is C22H23N3O2. The van der Waals surface area contributed by atoms with Crippen LogP contribution in [0.3, 0.4) is 0 Å². The fraction of sp³-hybridized carbons (Fsp3) is 0.273. The highest BCUT2D eigenvalue weighted by Gasteiger charge is 2.47. The lowest BCUT2D eigenvalue weighted by Crippen LogP contribution is -2.33. The third-order valence-electron chi connectivity index (χ3n) is 5.03. The van der Waals surface area contributed by atoms with E-state index in [2.05, 4.69) is 5.10 Å². The Kier molecular flexibility index (Phi) is 4.54. The van der Waals surface area contributed by atoms with E-state index in [1.54, 1.807) is 0 Å². The minimum absolute atomic E-state index is 0.0413. The van der Waals surface area contributed by atoms with Crippen molar-refractivity contribution in [1.29, 1.82) is 0 Å². The molecular weight excluding hydrogens is 338 g/mol. The van der Waals surface area contributed by atoms with Crippen LogP contribution in [0.4, 0.5) is 5.69 Å². The summed E-state index contributed by atoms with van der Waals surface area (Å²) >= 11 is 0. The molecule has 0 saturated carbocycles. The van der Waals surface area contributed by atoms with Gasteiger partial charge in [-0.25, -0.2) is 9.75 Å². The zero-order chi connectivity index (χ0) is 19.0. The number of para-hydroxylation sites is 1. The Balaban J connectivity index is 1.79. The molecule has 1 aliphatic heterocycles. The van der Waals surface area contributed by atoms with E-state index in [-0.39, 0.29) is 24.0 Å². The number of aryl methyl sites for hydroxylation is 2. The normalized spacial score (nSPS) is 22.2. The minimum atomic E-state index is -0.370. The fourth-order valence-electron chi connectivity index (χ4n) is 3.83. The van der Waals surface area contributed by atoms with Gasteiger partial charge in [0.2, 0.25) is 0 Å². The van der Waals surface area contributed by atoms with E-state index in [0.29, 0.717) is 0 Å². The molecule has 1 saturated heterocycles. The van der Waals surface area contributed by atoms with Gasteiger partial charge in [-0.3, -0.25) is 9.63 Å². The van der Waals surface area contributed by atoms with E-state index >= 15 is 0 Å². The van der Waals surface area contributed by atoms with Crippen molar-refractivity contribution in [3.8, 4) is 0 Å². The summed E-state index contributed by atoms with van der Waals surface area (Å²) in [6.07, 6.45) is -0.271. The molecule has 0 N–H and O–H groups in total. The molecule has 138 valence electrons. The zero-order valence-electron chi connectivity index (χ0n) is 15.7. The summed E-state index contributed by atoms with van der Waals surface area (Å²) in [6.45, 7) is 5.76. The highest BCUT2D eigenvalue weighted by Crippen LogP contribution is 2.43. The van der Waals surface area contributed by atoms with Gasteiger partial charge in [0, 0.05) is 5.69 Å². The third-order valence-corrected chi connectivity index (χ3v) is 5.03. The number of anilines is 1. The van der Waals surface area contributed by atoms with Gasteiger partial charge in [-0.15, -0.1) is 0 Å². The van der Waals surface area contributed by atoms with Crippen molar-refractivity contribution in [3.63, 3.8) is 0 Å². The molecule has 2 aromatic carbocycles.